The maximum Gasteiger partial charge on any atom is 0.410 e. The van der Waals surface area contributed by atoms with Crippen LogP contribution < -0.4 is 5.32 Å². The van der Waals surface area contributed by atoms with Crippen molar-refractivity contribution in [3.8, 4) is 0 Å². The van der Waals surface area contributed by atoms with E-state index in [0.717, 1.165) is 31.6 Å². The Morgan fingerprint density at radius 2 is 1.75 bits per heavy atom. The van der Waals surface area contributed by atoms with Gasteiger partial charge in [0.05, 0.1) is 0 Å². The number of carbonyl (C=O) groups is 2. The molecule has 156 valence electrons. The number of hydrogen-bond acceptors (Lipinski definition) is 5. The average molecular weight is 392 g/mol. The van der Waals surface area contributed by atoms with E-state index in [1.807, 2.05) is 58.0 Å². The molecular formula is C21H33N3O4. The Morgan fingerprint density at radius 3 is 2.36 bits per heavy atom. The van der Waals surface area contributed by atoms with Crippen molar-refractivity contribution in [2.75, 3.05) is 32.7 Å². The molecule has 7 heteroatoms. The van der Waals surface area contributed by atoms with E-state index in [2.05, 4.69) is 10.2 Å². The van der Waals surface area contributed by atoms with Gasteiger partial charge in [0.2, 0.25) is 0 Å². The van der Waals surface area contributed by atoms with Crippen LogP contribution >= 0.6 is 0 Å². The molecule has 1 heterocycles. The lowest BCUT2D eigenvalue weighted by molar-refractivity contribution is 0.0495. The van der Waals surface area contributed by atoms with Crippen LogP contribution in [0.25, 0.3) is 0 Å². The molecule has 1 saturated heterocycles. The molecular weight excluding hydrogens is 358 g/mol. The van der Waals surface area contributed by atoms with Crippen LogP contribution in [0, 0.1) is 0 Å². The summed E-state index contributed by atoms with van der Waals surface area (Å²) in [5.74, 6) is 0. The molecule has 1 aliphatic heterocycles. The van der Waals surface area contributed by atoms with E-state index >= 15 is 0 Å². The van der Waals surface area contributed by atoms with Crippen molar-refractivity contribution in [3.05, 3.63) is 35.9 Å². The van der Waals surface area contributed by atoms with Crippen molar-refractivity contribution < 1.29 is 19.1 Å². The number of alkyl carbamates (subject to hydrolysis) is 1. The smallest absolute Gasteiger partial charge is 0.410 e. The molecule has 1 fully saturated rings. The number of nitrogens with zero attached hydrogens (tertiary/aromatic N) is 2. The normalized spacial score (nSPS) is 16.4. The van der Waals surface area contributed by atoms with Crippen LogP contribution in [0.3, 0.4) is 0 Å². The average Bonchev–Trinajstić information content (AvgIpc) is 2.64. The van der Waals surface area contributed by atoms with Gasteiger partial charge in [-0.15, -0.1) is 0 Å². The van der Waals surface area contributed by atoms with Crippen LogP contribution in [0.15, 0.2) is 30.3 Å². The summed E-state index contributed by atoms with van der Waals surface area (Å²) in [7, 11) is 0. The molecule has 1 atom stereocenters. The monoisotopic (exact) mass is 391 g/mol. The third kappa shape index (κ3) is 8.17. The van der Waals surface area contributed by atoms with E-state index in [9.17, 15) is 9.59 Å². The molecule has 1 aromatic rings. The largest absolute Gasteiger partial charge is 0.445 e. The van der Waals surface area contributed by atoms with Crippen LogP contribution in [0.5, 0.6) is 0 Å². The van der Waals surface area contributed by atoms with Crippen molar-refractivity contribution >= 4 is 12.2 Å². The standard InChI is InChI=1S/C21H33N3O4/c1-17(22-19(25)28-21(2,3)4)10-11-23-12-14-24(15-13-23)20(26)27-16-18-8-6-5-7-9-18/h5-9,17H,10-16H2,1-4H3,(H,22,25)/t17-/m0/s1. The zero-order valence-electron chi connectivity index (χ0n) is 17.4. The van der Waals surface area contributed by atoms with E-state index in [-0.39, 0.29) is 18.2 Å². The summed E-state index contributed by atoms with van der Waals surface area (Å²) >= 11 is 0. The Bertz CT molecular complexity index is 622. The molecule has 1 N–H and O–H groups in total. The Balaban J connectivity index is 1.62. The summed E-state index contributed by atoms with van der Waals surface area (Å²) in [6.07, 6.45) is 0.187. The van der Waals surface area contributed by atoms with Crippen LogP contribution in [-0.2, 0) is 16.1 Å². The quantitative estimate of drug-likeness (QED) is 0.806. The number of hydrogen-bond donors (Lipinski definition) is 1. The molecule has 1 aromatic carbocycles. The molecule has 7 nitrogen and oxygen atoms in total. The lowest BCUT2D eigenvalue weighted by Crippen LogP contribution is -2.49. The van der Waals surface area contributed by atoms with Gasteiger partial charge in [-0.2, -0.15) is 0 Å². The van der Waals surface area contributed by atoms with Gasteiger partial charge in [-0.3, -0.25) is 4.90 Å². The van der Waals surface area contributed by atoms with Gasteiger partial charge in [-0.1, -0.05) is 30.3 Å². The highest BCUT2D eigenvalue weighted by Gasteiger charge is 2.23. The fraction of sp³-hybridized carbons (Fsp3) is 0.619. The molecule has 1 aliphatic rings. The predicted molar refractivity (Wildman–Crippen MR) is 108 cm³/mol. The fourth-order valence-corrected chi connectivity index (χ4v) is 2.92. The van der Waals surface area contributed by atoms with E-state index < -0.39 is 5.60 Å². The summed E-state index contributed by atoms with van der Waals surface area (Å²) in [6, 6.07) is 9.72. The molecule has 0 saturated carbocycles. The van der Waals surface area contributed by atoms with Gasteiger partial charge in [0.1, 0.15) is 12.2 Å². The molecule has 0 spiro atoms. The zero-order valence-corrected chi connectivity index (χ0v) is 17.4. The first-order valence-corrected chi connectivity index (χ1v) is 9.90. The summed E-state index contributed by atoms with van der Waals surface area (Å²) in [5, 5.41) is 2.86. The molecule has 2 rings (SSSR count). The molecule has 0 aliphatic carbocycles. The molecule has 28 heavy (non-hydrogen) atoms. The lowest BCUT2D eigenvalue weighted by atomic mass is 10.2. The maximum absolute atomic E-state index is 12.2. The number of ether oxygens (including phenoxy) is 2. The lowest BCUT2D eigenvalue weighted by Gasteiger charge is -2.34. The van der Waals surface area contributed by atoms with Gasteiger partial charge < -0.3 is 19.7 Å². The Morgan fingerprint density at radius 1 is 1.11 bits per heavy atom. The van der Waals surface area contributed by atoms with Crippen LogP contribution in [0.2, 0.25) is 0 Å². The minimum atomic E-state index is -0.491. The van der Waals surface area contributed by atoms with Crippen molar-refractivity contribution in [2.45, 2.75) is 52.4 Å². The minimum Gasteiger partial charge on any atom is -0.445 e. The van der Waals surface area contributed by atoms with Crippen LogP contribution in [0.4, 0.5) is 9.59 Å². The second kappa shape index (κ2) is 10.3. The van der Waals surface area contributed by atoms with Gasteiger partial charge >= 0.3 is 12.2 Å². The topological polar surface area (TPSA) is 71.1 Å². The number of piperazine rings is 1. The first-order chi connectivity index (χ1) is 13.2. The first-order valence-electron chi connectivity index (χ1n) is 9.90. The highest BCUT2D eigenvalue weighted by molar-refractivity contribution is 5.68. The summed E-state index contributed by atoms with van der Waals surface area (Å²) in [5.41, 5.74) is 0.496. The number of benzene rings is 1. The maximum atomic E-state index is 12.2. The Labute approximate surface area is 168 Å². The van der Waals surface area contributed by atoms with Crippen LogP contribution in [-0.4, -0.2) is 66.4 Å². The fourth-order valence-electron chi connectivity index (χ4n) is 2.92. The molecule has 0 unspecified atom stereocenters. The van der Waals surface area contributed by atoms with Gasteiger partial charge in [0, 0.05) is 38.8 Å². The first kappa shape index (κ1) is 22.0. The highest BCUT2D eigenvalue weighted by Crippen LogP contribution is 2.09. The van der Waals surface area contributed by atoms with Gasteiger partial charge in [0.25, 0.3) is 0 Å². The van der Waals surface area contributed by atoms with Crippen molar-refractivity contribution in [1.29, 1.82) is 0 Å². The highest BCUT2D eigenvalue weighted by atomic mass is 16.6. The van der Waals surface area contributed by atoms with Crippen molar-refractivity contribution in [3.63, 3.8) is 0 Å². The molecule has 0 bridgehead atoms. The second-order valence-corrected chi connectivity index (χ2v) is 8.20. The van der Waals surface area contributed by atoms with E-state index in [1.165, 1.54) is 0 Å². The third-order valence-corrected chi connectivity index (χ3v) is 4.48. The van der Waals surface area contributed by atoms with E-state index in [4.69, 9.17) is 9.47 Å². The summed E-state index contributed by atoms with van der Waals surface area (Å²) in [4.78, 5) is 28.1. The number of nitrogens with one attached hydrogen (secondary N) is 1. The Kier molecular flexibility index (Phi) is 8.11. The minimum absolute atomic E-state index is 0.0312. The van der Waals surface area contributed by atoms with Crippen LogP contribution in [0.1, 0.15) is 39.7 Å². The van der Waals surface area contributed by atoms with E-state index in [1.54, 1.807) is 4.90 Å². The predicted octanol–water partition coefficient (Wildman–Crippen LogP) is 3.24. The number of carbonyl (C=O) groups excluding carboxylic acids is 2. The third-order valence-electron chi connectivity index (χ3n) is 4.48. The van der Waals surface area contributed by atoms with Gasteiger partial charge in [-0.25, -0.2) is 9.59 Å². The van der Waals surface area contributed by atoms with Crippen molar-refractivity contribution in [2.24, 2.45) is 0 Å². The second-order valence-electron chi connectivity index (χ2n) is 8.20. The zero-order chi connectivity index (χ0) is 20.6. The summed E-state index contributed by atoms with van der Waals surface area (Å²) in [6.45, 7) is 11.6. The number of amides is 2. The Hall–Kier alpha value is -2.28. The van der Waals surface area contributed by atoms with Gasteiger partial charge in [-0.05, 0) is 39.7 Å². The molecule has 0 radical (unpaired) electrons. The van der Waals surface area contributed by atoms with E-state index in [0.29, 0.717) is 19.7 Å². The van der Waals surface area contributed by atoms with Crippen molar-refractivity contribution in [1.82, 2.24) is 15.1 Å². The number of rotatable bonds is 6. The SMILES string of the molecule is C[C@@H](CCN1CCN(C(=O)OCc2ccccc2)CC1)NC(=O)OC(C)(C)C. The summed E-state index contributed by atoms with van der Waals surface area (Å²) < 4.78 is 10.7. The molecule has 2 amide bonds. The van der Waals surface area contributed by atoms with Gasteiger partial charge in [0.15, 0.2) is 0 Å². The molecule has 0 aromatic heterocycles.